The van der Waals surface area contributed by atoms with E-state index < -0.39 is 0 Å². The van der Waals surface area contributed by atoms with E-state index in [0.717, 1.165) is 42.8 Å². The topological polar surface area (TPSA) is 87.4 Å². The van der Waals surface area contributed by atoms with Gasteiger partial charge in [-0.05, 0) is 49.9 Å². The molecule has 3 N–H and O–H groups in total. The van der Waals surface area contributed by atoms with Crippen LogP contribution < -0.4 is 10.6 Å². The van der Waals surface area contributed by atoms with Crippen LogP contribution in [0.3, 0.4) is 0 Å². The predicted octanol–water partition coefficient (Wildman–Crippen LogP) is 2.58. The minimum atomic E-state index is -0.152. The summed E-state index contributed by atoms with van der Waals surface area (Å²) in [6.45, 7) is 0. The van der Waals surface area contributed by atoms with E-state index in [1.807, 2.05) is 34.8 Å². The van der Waals surface area contributed by atoms with Crippen LogP contribution in [0.15, 0.2) is 42.7 Å². The summed E-state index contributed by atoms with van der Waals surface area (Å²) in [5.74, 6) is 1.47. The lowest BCUT2D eigenvalue weighted by Gasteiger charge is -2.26. The summed E-state index contributed by atoms with van der Waals surface area (Å²) < 4.78 is 1.81. The van der Waals surface area contributed by atoms with E-state index in [-0.39, 0.29) is 6.10 Å². The molecule has 0 spiro atoms. The van der Waals surface area contributed by atoms with Crippen molar-refractivity contribution < 1.29 is 5.11 Å². The van der Waals surface area contributed by atoms with E-state index >= 15 is 0 Å². The van der Waals surface area contributed by atoms with Crippen LogP contribution in [0.4, 0.5) is 17.5 Å². The molecule has 0 atom stereocenters. The van der Waals surface area contributed by atoms with E-state index in [1.165, 1.54) is 0 Å². The molecule has 7 heteroatoms. The van der Waals surface area contributed by atoms with Gasteiger partial charge in [0.1, 0.15) is 5.82 Å². The number of nitrogens with zero attached hydrogens (tertiary/aromatic N) is 4. The van der Waals surface area contributed by atoms with Gasteiger partial charge >= 0.3 is 0 Å². The maximum Gasteiger partial charge on any atom is 0.247 e. The Kier molecular flexibility index (Phi) is 4.00. The van der Waals surface area contributed by atoms with Gasteiger partial charge in [0.15, 0.2) is 5.65 Å². The minimum Gasteiger partial charge on any atom is -0.393 e. The molecule has 0 bridgehead atoms. The average molecular weight is 324 g/mol. The van der Waals surface area contributed by atoms with Crippen molar-refractivity contribution in [1.82, 2.24) is 19.6 Å². The van der Waals surface area contributed by atoms with Crippen molar-refractivity contribution >= 4 is 23.1 Å². The molecule has 1 aliphatic carbocycles. The summed E-state index contributed by atoms with van der Waals surface area (Å²) in [4.78, 5) is 8.51. The van der Waals surface area contributed by atoms with Crippen LogP contribution in [0, 0.1) is 0 Å². The fourth-order valence-corrected chi connectivity index (χ4v) is 3.06. The Bertz CT molecular complexity index is 810. The maximum absolute atomic E-state index is 9.64. The molecule has 0 amide bonds. The Hall–Kier alpha value is -2.67. The van der Waals surface area contributed by atoms with Crippen LogP contribution in [0.2, 0.25) is 0 Å². The quantitative estimate of drug-likeness (QED) is 0.684. The molecule has 1 fully saturated rings. The van der Waals surface area contributed by atoms with Gasteiger partial charge in [0.05, 0.1) is 6.10 Å². The summed E-state index contributed by atoms with van der Waals surface area (Å²) in [6.07, 6.45) is 6.93. The Morgan fingerprint density at radius 2 is 1.83 bits per heavy atom. The third-order valence-electron chi connectivity index (χ3n) is 4.34. The summed E-state index contributed by atoms with van der Waals surface area (Å²) in [5, 5.41) is 20.9. The number of hydrogen-bond acceptors (Lipinski definition) is 6. The number of aromatic nitrogens is 4. The number of nitrogens with one attached hydrogen (secondary N) is 2. The highest BCUT2D eigenvalue weighted by Gasteiger charge is 2.20. The molecule has 0 unspecified atom stereocenters. The fraction of sp³-hybridized carbons (Fsp3) is 0.353. The Morgan fingerprint density at radius 1 is 1.04 bits per heavy atom. The smallest absolute Gasteiger partial charge is 0.247 e. The van der Waals surface area contributed by atoms with Gasteiger partial charge in [0, 0.05) is 24.1 Å². The molecular formula is C17H20N6O. The molecule has 3 heterocycles. The fourth-order valence-electron chi connectivity index (χ4n) is 3.06. The third-order valence-corrected chi connectivity index (χ3v) is 4.34. The van der Waals surface area contributed by atoms with Crippen LogP contribution >= 0.6 is 0 Å². The lowest BCUT2D eigenvalue weighted by Crippen LogP contribution is -2.29. The van der Waals surface area contributed by atoms with Crippen LogP contribution in [-0.2, 0) is 0 Å². The molecule has 124 valence electrons. The van der Waals surface area contributed by atoms with Gasteiger partial charge in [-0.25, -0.2) is 0 Å². The average Bonchev–Trinajstić information content (AvgIpc) is 3.01. The molecule has 1 aliphatic rings. The zero-order chi connectivity index (χ0) is 16.4. The van der Waals surface area contributed by atoms with Crippen LogP contribution in [0.25, 0.3) is 5.65 Å². The highest BCUT2D eigenvalue weighted by atomic mass is 16.3. The number of hydrogen-bond donors (Lipinski definition) is 3. The van der Waals surface area contributed by atoms with Gasteiger partial charge in [-0.3, -0.25) is 4.98 Å². The Balaban J connectivity index is 1.56. The first kappa shape index (κ1) is 14.9. The standard InChI is InChI=1S/C17H20N6O/c24-14-6-4-12(5-7-14)19-15-2-1-3-16-21-17(22-23(15)16)20-13-8-10-18-11-9-13/h1-3,8-12,14,19,24H,4-7H2,(H,18,20,22)/t12-,14+. The van der Waals surface area contributed by atoms with Crippen molar-refractivity contribution in [2.24, 2.45) is 0 Å². The molecule has 1 saturated carbocycles. The summed E-state index contributed by atoms with van der Waals surface area (Å²) in [5.41, 5.74) is 1.68. The van der Waals surface area contributed by atoms with Gasteiger partial charge in [0.25, 0.3) is 0 Å². The highest BCUT2D eigenvalue weighted by Crippen LogP contribution is 2.23. The zero-order valence-corrected chi connectivity index (χ0v) is 13.3. The van der Waals surface area contributed by atoms with Crippen LogP contribution in [0.5, 0.6) is 0 Å². The number of anilines is 3. The van der Waals surface area contributed by atoms with Crippen molar-refractivity contribution in [3.8, 4) is 0 Å². The molecule has 0 radical (unpaired) electrons. The summed E-state index contributed by atoms with van der Waals surface area (Å²) in [7, 11) is 0. The maximum atomic E-state index is 9.64. The monoisotopic (exact) mass is 324 g/mol. The van der Waals surface area contributed by atoms with Crippen molar-refractivity contribution in [1.29, 1.82) is 0 Å². The van der Waals surface area contributed by atoms with Crippen molar-refractivity contribution in [2.75, 3.05) is 10.6 Å². The zero-order valence-electron chi connectivity index (χ0n) is 13.3. The number of fused-ring (bicyclic) bond motifs is 1. The van der Waals surface area contributed by atoms with Crippen molar-refractivity contribution in [3.05, 3.63) is 42.7 Å². The van der Waals surface area contributed by atoms with Gasteiger partial charge in [-0.15, -0.1) is 5.10 Å². The Labute approximate surface area is 139 Å². The predicted molar refractivity (Wildman–Crippen MR) is 92.4 cm³/mol. The number of pyridine rings is 2. The van der Waals surface area contributed by atoms with Crippen LogP contribution in [0.1, 0.15) is 25.7 Å². The lowest BCUT2D eigenvalue weighted by atomic mass is 9.93. The number of aliphatic hydroxyl groups excluding tert-OH is 1. The molecule has 3 aromatic rings. The van der Waals surface area contributed by atoms with Crippen molar-refractivity contribution in [3.63, 3.8) is 0 Å². The molecule has 0 aromatic carbocycles. The molecule has 3 aromatic heterocycles. The molecular weight excluding hydrogens is 304 g/mol. The largest absolute Gasteiger partial charge is 0.393 e. The van der Waals surface area contributed by atoms with Gasteiger partial charge < -0.3 is 15.7 Å². The van der Waals surface area contributed by atoms with E-state index in [4.69, 9.17) is 0 Å². The Morgan fingerprint density at radius 3 is 2.62 bits per heavy atom. The first-order chi connectivity index (χ1) is 11.8. The molecule has 0 aliphatic heterocycles. The molecule has 4 rings (SSSR count). The normalized spacial score (nSPS) is 20.9. The number of rotatable bonds is 4. The van der Waals surface area contributed by atoms with Gasteiger partial charge in [-0.1, -0.05) is 6.07 Å². The minimum absolute atomic E-state index is 0.152. The second-order valence-corrected chi connectivity index (χ2v) is 6.13. The molecule has 7 nitrogen and oxygen atoms in total. The number of aliphatic hydroxyl groups is 1. The lowest BCUT2D eigenvalue weighted by molar-refractivity contribution is 0.126. The van der Waals surface area contributed by atoms with E-state index in [0.29, 0.717) is 12.0 Å². The highest BCUT2D eigenvalue weighted by molar-refractivity contribution is 5.57. The SMILES string of the molecule is O[C@H]1CC[C@@H](Nc2cccc3nc(Nc4ccncc4)nn23)CC1. The second kappa shape index (κ2) is 6.45. The second-order valence-electron chi connectivity index (χ2n) is 6.13. The van der Waals surface area contributed by atoms with E-state index in [2.05, 4.69) is 25.7 Å². The van der Waals surface area contributed by atoms with E-state index in [1.54, 1.807) is 12.4 Å². The van der Waals surface area contributed by atoms with Crippen molar-refractivity contribution in [2.45, 2.75) is 37.8 Å². The molecule has 24 heavy (non-hydrogen) atoms. The third kappa shape index (κ3) is 3.16. The summed E-state index contributed by atoms with van der Waals surface area (Å²) in [6, 6.07) is 10.0. The first-order valence-corrected chi connectivity index (χ1v) is 8.25. The van der Waals surface area contributed by atoms with Gasteiger partial charge in [0.2, 0.25) is 5.95 Å². The van der Waals surface area contributed by atoms with E-state index in [9.17, 15) is 5.11 Å². The first-order valence-electron chi connectivity index (χ1n) is 8.25. The summed E-state index contributed by atoms with van der Waals surface area (Å²) >= 11 is 0. The molecule has 0 saturated heterocycles. The van der Waals surface area contributed by atoms with Crippen LogP contribution in [-0.4, -0.2) is 36.8 Å². The van der Waals surface area contributed by atoms with Gasteiger partial charge in [-0.2, -0.15) is 9.50 Å².